The van der Waals surface area contributed by atoms with Gasteiger partial charge in [-0.3, -0.25) is 0 Å². The number of rotatable bonds is 3. The summed E-state index contributed by atoms with van der Waals surface area (Å²) in [5, 5.41) is 0. The highest BCUT2D eigenvalue weighted by Crippen LogP contribution is 2.23. The molecule has 0 saturated carbocycles. The first kappa shape index (κ1) is 31.0. The molecule has 0 radical (unpaired) electrons. The lowest BCUT2D eigenvalue weighted by atomic mass is 10.2. The Bertz CT molecular complexity index is 628. The van der Waals surface area contributed by atoms with Crippen LogP contribution < -0.4 is 4.74 Å². The third-order valence-electron chi connectivity index (χ3n) is 2.70. The lowest BCUT2D eigenvalue weighted by molar-refractivity contribution is 0.414. The Morgan fingerprint density at radius 1 is 0.680 bits per heavy atom. The Labute approximate surface area is 157 Å². The van der Waals surface area contributed by atoms with E-state index >= 15 is 0 Å². The summed E-state index contributed by atoms with van der Waals surface area (Å²) in [5.41, 5.74) is 1.03. The highest BCUT2D eigenvalue weighted by atomic mass is 32.2. The zero-order valence-corrected chi connectivity index (χ0v) is 15.1. The Morgan fingerprint density at radius 2 is 1.00 bits per heavy atom. The van der Waals surface area contributed by atoms with Crippen LogP contribution in [0, 0.1) is 6.92 Å². The van der Waals surface area contributed by atoms with Gasteiger partial charge in [0.1, 0.15) is 5.75 Å². The lowest BCUT2D eigenvalue weighted by Gasteiger charge is -2.06. The molecule has 25 heavy (non-hydrogen) atoms. The number of sulfone groups is 1. The maximum atomic E-state index is 12.3. The standard InChI is InChI=1S/C14H14O3S.2C2H6.3CH4/c1-11-3-7-13(8-4-11)18(15,16)14-9-5-12(17-2)6-10-14;2*1-2;;;/h3-10H,1-2H3;2*1-2H3;3*1H4. The second kappa shape index (κ2) is 15.7. The van der Waals surface area contributed by atoms with E-state index in [0.717, 1.165) is 5.56 Å². The minimum Gasteiger partial charge on any atom is -0.497 e. The average Bonchev–Trinajstić information content (AvgIpc) is 2.59. The smallest absolute Gasteiger partial charge is 0.206 e. The van der Waals surface area contributed by atoms with Gasteiger partial charge in [0, 0.05) is 0 Å². The first-order valence-corrected chi connectivity index (χ1v) is 8.98. The molecule has 4 heteroatoms. The van der Waals surface area contributed by atoms with Crippen LogP contribution in [-0.2, 0) is 9.84 Å². The van der Waals surface area contributed by atoms with Gasteiger partial charge >= 0.3 is 0 Å². The van der Waals surface area contributed by atoms with Gasteiger partial charge in [-0.05, 0) is 43.3 Å². The van der Waals surface area contributed by atoms with Crippen molar-refractivity contribution in [1.82, 2.24) is 0 Å². The zero-order valence-electron chi connectivity index (χ0n) is 14.3. The van der Waals surface area contributed by atoms with Gasteiger partial charge < -0.3 is 4.74 Å². The van der Waals surface area contributed by atoms with Crippen LogP contribution in [0.2, 0.25) is 0 Å². The van der Waals surface area contributed by atoms with Crippen molar-refractivity contribution in [2.24, 2.45) is 0 Å². The lowest BCUT2D eigenvalue weighted by Crippen LogP contribution is -2.01. The maximum Gasteiger partial charge on any atom is 0.206 e. The Balaban J connectivity index is -0.000000294. The van der Waals surface area contributed by atoms with Crippen molar-refractivity contribution in [2.75, 3.05) is 7.11 Å². The van der Waals surface area contributed by atoms with Crippen molar-refractivity contribution in [2.45, 2.75) is 66.7 Å². The van der Waals surface area contributed by atoms with Gasteiger partial charge in [0.05, 0.1) is 16.9 Å². The highest BCUT2D eigenvalue weighted by molar-refractivity contribution is 7.91. The molecule has 0 aromatic heterocycles. The van der Waals surface area contributed by atoms with Gasteiger partial charge in [0.25, 0.3) is 0 Å². The van der Waals surface area contributed by atoms with Gasteiger partial charge in [-0.25, -0.2) is 8.42 Å². The molecule has 146 valence electrons. The molecular formula is C21H38O3S. The molecule has 0 heterocycles. The largest absolute Gasteiger partial charge is 0.497 e. The summed E-state index contributed by atoms with van der Waals surface area (Å²) in [6.07, 6.45) is 0. The summed E-state index contributed by atoms with van der Waals surface area (Å²) in [7, 11) is -1.89. The second-order valence-corrected chi connectivity index (χ2v) is 5.94. The molecule has 3 nitrogen and oxygen atoms in total. The van der Waals surface area contributed by atoms with Gasteiger partial charge in [-0.15, -0.1) is 0 Å². The van der Waals surface area contributed by atoms with Crippen molar-refractivity contribution >= 4 is 9.84 Å². The Hall–Kier alpha value is -1.81. The van der Waals surface area contributed by atoms with Crippen molar-refractivity contribution in [3.63, 3.8) is 0 Å². The van der Waals surface area contributed by atoms with Gasteiger partial charge in [0.15, 0.2) is 0 Å². The van der Waals surface area contributed by atoms with Crippen LogP contribution >= 0.6 is 0 Å². The molecule has 0 amide bonds. The SMILES string of the molecule is C.C.C.CC.CC.COc1ccc(S(=O)(=O)c2ccc(C)cc2)cc1. The second-order valence-electron chi connectivity index (χ2n) is 3.99. The van der Waals surface area contributed by atoms with Crippen LogP contribution in [0.4, 0.5) is 0 Å². The van der Waals surface area contributed by atoms with Crippen molar-refractivity contribution < 1.29 is 13.2 Å². The Morgan fingerprint density at radius 3 is 1.32 bits per heavy atom. The van der Waals surface area contributed by atoms with Crippen molar-refractivity contribution in [1.29, 1.82) is 0 Å². The third kappa shape index (κ3) is 8.73. The van der Waals surface area contributed by atoms with E-state index < -0.39 is 9.84 Å². The van der Waals surface area contributed by atoms with E-state index in [2.05, 4.69) is 0 Å². The minimum absolute atomic E-state index is 0. The molecule has 0 atom stereocenters. The first-order valence-electron chi connectivity index (χ1n) is 7.50. The number of methoxy groups -OCH3 is 1. The predicted molar refractivity (Wildman–Crippen MR) is 113 cm³/mol. The minimum atomic E-state index is -3.44. The average molecular weight is 371 g/mol. The molecule has 0 aliphatic heterocycles. The summed E-state index contributed by atoms with van der Waals surface area (Å²) in [6.45, 7) is 9.92. The van der Waals surface area contributed by atoms with Crippen LogP contribution in [0.1, 0.15) is 55.5 Å². The number of benzene rings is 2. The summed E-state index contributed by atoms with van der Waals surface area (Å²) in [6, 6.07) is 13.2. The molecular weight excluding hydrogens is 332 g/mol. The molecule has 0 aliphatic carbocycles. The van der Waals surface area contributed by atoms with Crippen LogP contribution in [0.25, 0.3) is 0 Å². The van der Waals surface area contributed by atoms with Crippen molar-refractivity contribution in [3.05, 3.63) is 54.1 Å². The molecule has 0 spiro atoms. The fraction of sp³-hybridized carbons (Fsp3) is 0.429. The molecule has 2 aromatic rings. The third-order valence-corrected chi connectivity index (χ3v) is 4.49. The predicted octanol–water partition coefficient (Wildman–Crippen LogP) is 6.80. The van der Waals surface area contributed by atoms with Gasteiger partial charge in [0.2, 0.25) is 9.84 Å². The highest BCUT2D eigenvalue weighted by Gasteiger charge is 2.16. The molecule has 0 saturated heterocycles. The first-order chi connectivity index (χ1) is 10.5. The summed E-state index contributed by atoms with van der Waals surface area (Å²) in [5.74, 6) is 0.637. The van der Waals surface area contributed by atoms with Crippen molar-refractivity contribution in [3.8, 4) is 5.75 Å². The summed E-state index contributed by atoms with van der Waals surface area (Å²) in [4.78, 5) is 0.574. The van der Waals surface area contributed by atoms with E-state index in [1.807, 2.05) is 34.6 Å². The maximum absolute atomic E-state index is 12.3. The molecule has 0 N–H and O–H groups in total. The van der Waals surface area contributed by atoms with E-state index in [0.29, 0.717) is 10.6 Å². The van der Waals surface area contributed by atoms with Crippen LogP contribution in [-0.4, -0.2) is 15.5 Å². The monoisotopic (exact) mass is 370 g/mol. The van der Waals surface area contributed by atoms with E-state index in [-0.39, 0.29) is 27.2 Å². The quantitative estimate of drug-likeness (QED) is 0.597. The molecule has 0 bridgehead atoms. The fourth-order valence-electron chi connectivity index (χ4n) is 1.61. The van der Waals surface area contributed by atoms with E-state index in [4.69, 9.17) is 4.74 Å². The molecule has 2 rings (SSSR count). The Kier molecular flexibility index (Phi) is 19.5. The fourth-order valence-corrected chi connectivity index (χ4v) is 2.87. The van der Waals surface area contributed by atoms with Gasteiger partial charge in [-0.2, -0.15) is 0 Å². The number of aryl methyl sites for hydroxylation is 1. The number of ether oxygens (including phenoxy) is 1. The van der Waals surface area contributed by atoms with Crippen LogP contribution in [0.3, 0.4) is 0 Å². The molecule has 2 aromatic carbocycles. The van der Waals surface area contributed by atoms with E-state index in [1.54, 1.807) is 55.6 Å². The van der Waals surface area contributed by atoms with E-state index in [9.17, 15) is 8.42 Å². The van der Waals surface area contributed by atoms with Crippen LogP contribution in [0.5, 0.6) is 5.75 Å². The summed E-state index contributed by atoms with van der Waals surface area (Å²) >= 11 is 0. The molecule has 0 aliphatic rings. The van der Waals surface area contributed by atoms with E-state index in [1.165, 1.54) is 0 Å². The number of hydrogen-bond acceptors (Lipinski definition) is 3. The molecule has 0 unspecified atom stereocenters. The summed E-state index contributed by atoms with van der Waals surface area (Å²) < 4.78 is 29.6. The molecule has 0 fully saturated rings. The van der Waals surface area contributed by atoms with Crippen LogP contribution in [0.15, 0.2) is 58.3 Å². The number of hydrogen-bond donors (Lipinski definition) is 0. The topological polar surface area (TPSA) is 43.4 Å². The zero-order chi connectivity index (χ0) is 17.2. The normalized spacial score (nSPS) is 8.56. The van der Waals surface area contributed by atoms with Gasteiger partial charge in [-0.1, -0.05) is 67.7 Å².